The van der Waals surface area contributed by atoms with Crippen molar-refractivity contribution in [2.75, 3.05) is 6.61 Å². The van der Waals surface area contributed by atoms with Crippen molar-refractivity contribution in [2.24, 2.45) is 0 Å². The van der Waals surface area contributed by atoms with Crippen molar-refractivity contribution >= 4 is 0 Å². The molecule has 0 saturated heterocycles. The lowest BCUT2D eigenvalue weighted by Crippen LogP contribution is -1.82. The van der Waals surface area contributed by atoms with E-state index in [1.807, 2.05) is 6.08 Å². The molecule has 0 aliphatic heterocycles. The Hall–Kier alpha value is -0.300. The fourth-order valence-corrected chi connectivity index (χ4v) is 3.02. The Bertz CT molecular complexity index is 206. The zero-order valence-corrected chi connectivity index (χ0v) is 17.9. The number of unbranched alkanes of at least 4 members (excludes halogenated alkanes) is 17. The van der Waals surface area contributed by atoms with Crippen molar-refractivity contribution in [1.29, 1.82) is 0 Å². The monoisotopic (exact) mass is 354 g/mol. The van der Waals surface area contributed by atoms with E-state index < -0.39 is 0 Å². The average Bonchev–Trinajstić information content (AvgIpc) is 2.63. The van der Waals surface area contributed by atoms with E-state index in [0.29, 0.717) is 6.61 Å². The maximum absolute atomic E-state index is 8.42. The molecule has 0 unspecified atom stereocenters. The van der Waals surface area contributed by atoms with E-state index in [1.165, 1.54) is 116 Å². The summed E-state index contributed by atoms with van der Waals surface area (Å²) in [5.41, 5.74) is 0. The van der Waals surface area contributed by atoms with Crippen LogP contribution in [0.1, 0.15) is 136 Å². The lowest BCUT2D eigenvalue weighted by molar-refractivity contribution is 0.282. The summed E-state index contributed by atoms with van der Waals surface area (Å²) in [5.74, 6) is 0. The minimum Gasteiger partial charge on any atom is -0.396 e. The number of hydrogen-bond donors (Lipinski definition) is 1. The summed E-state index contributed by atoms with van der Waals surface area (Å²) < 4.78 is 0. The van der Waals surface area contributed by atoms with E-state index in [9.17, 15) is 0 Å². The Labute approximate surface area is 160 Å². The fraction of sp³-hybridized carbons (Fsp3) is 0.917. The molecule has 0 radical (unpaired) electrons. The molecule has 0 aliphatic carbocycles. The van der Waals surface area contributed by atoms with Gasteiger partial charge in [0.1, 0.15) is 0 Å². The predicted molar refractivity (Wildman–Crippen MR) is 116 cm³/mol. The van der Waals surface area contributed by atoms with Gasteiger partial charge >= 0.3 is 0 Å². The van der Waals surface area contributed by atoms with E-state index in [-0.39, 0.29) is 0 Å². The maximum Gasteiger partial charge on any atom is 0.0431 e. The third-order valence-electron chi connectivity index (χ3n) is 4.77. The SMILES string of the molecule is C=CCCCCCCCCCCCCCC.CCCCCCCCO. The number of hydrogen-bond acceptors (Lipinski definition) is 1. The van der Waals surface area contributed by atoms with Crippen molar-refractivity contribution < 1.29 is 5.11 Å². The van der Waals surface area contributed by atoms with Gasteiger partial charge in [0.05, 0.1) is 0 Å². The third kappa shape index (κ3) is 31.9. The highest BCUT2D eigenvalue weighted by molar-refractivity contribution is 4.65. The van der Waals surface area contributed by atoms with Gasteiger partial charge in [0, 0.05) is 6.61 Å². The first-order valence-corrected chi connectivity index (χ1v) is 11.5. The molecule has 0 aliphatic rings. The molecule has 0 aromatic rings. The Morgan fingerprint density at radius 1 is 0.520 bits per heavy atom. The number of aliphatic hydroxyl groups is 1. The van der Waals surface area contributed by atoms with Gasteiger partial charge in [0.2, 0.25) is 0 Å². The van der Waals surface area contributed by atoms with Crippen molar-refractivity contribution in [3.05, 3.63) is 12.7 Å². The lowest BCUT2D eigenvalue weighted by Gasteiger charge is -2.02. The molecular weight excluding hydrogens is 304 g/mol. The molecule has 1 nitrogen and oxygen atoms in total. The van der Waals surface area contributed by atoms with Crippen molar-refractivity contribution in [2.45, 2.75) is 136 Å². The molecule has 0 atom stereocenters. The lowest BCUT2D eigenvalue weighted by atomic mass is 10.0. The molecule has 1 heteroatoms. The number of allylic oxidation sites excluding steroid dienone is 1. The Kier molecular flexibility index (Phi) is 30.7. The van der Waals surface area contributed by atoms with Gasteiger partial charge in [-0.15, -0.1) is 6.58 Å². The fourth-order valence-electron chi connectivity index (χ4n) is 3.02. The van der Waals surface area contributed by atoms with Gasteiger partial charge in [-0.3, -0.25) is 0 Å². The molecule has 25 heavy (non-hydrogen) atoms. The first kappa shape index (κ1) is 26.9. The van der Waals surface area contributed by atoms with Gasteiger partial charge < -0.3 is 5.11 Å². The van der Waals surface area contributed by atoms with Gasteiger partial charge in [0.15, 0.2) is 0 Å². The highest BCUT2D eigenvalue weighted by Gasteiger charge is 1.92. The second kappa shape index (κ2) is 28.5. The molecule has 152 valence electrons. The van der Waals surface area contributed by atoms with Crippen molar-refractivity contribution in [3.8, 4) is 0 Å². The summed E-state index contributed by atoms with van der Waals surface area (Å²) in [6.45, 7) is 8.62. The van der Waals surface area contributed by atoms with E-state index in [4.69, 9.17) is 5.11 Å². The van der Waals surface area contributed by atoms with Gasteiger partial charge in [-0.2, -0.15) is 0 Å². The van der Waals surface area contributed by atoms with Crippen LogP contribution in [-0.2, 0) is 0 Å². The number of aliphatic hydroxyl groups excluding tert-OH is 1. The van der Waals surface area contributed by atoms with Crippen LogP contribution in [0.25, 0.3) is 0 Å². The van der Waals surface area contributed by atoms with Crippen LogP contribution >= 0.6 is 0 Å². The van der Waals surface area contributed by atoms with Gasteiger partial charge in [-0.1, -0.05) is 123 Å². The molecule has 0 heterocycles. The zero-order chi connectivity index (χ0) is 18.8. The van der Waals surface area contributed by atoms with Crippen LogP contribution in [0.5, 0.6) is 0 Å². The average molecular weight is 355 g/mol. The second-order valence-corrected chi connectivity index (χ2v) is 7.46. The van der Waals surface area contributed by atoms with Crippen molar-refractivity contribution in [3.63, 3.8) is 0 Å². The van der Waals surface area contributed by atoms with Crippen LogP contribution in [0, 0.1) is 0 Å². The Morgan fingerprint density at radius 3 is 1.16 bits per heavy atom. The summed E-state index contributed by atoms with van der Waals surface area (Å²) >= 11 is 0. The van der Waals surface area contributed by atoms with Gasteiger partial charge in [-0.25, -0.2) is 0 Å². The number of rotatable bonds is 19. The third-order valence-corrected chi connectivity index (χ3v) is 4.77. The first-order valence-electron chi connectivity index (χ1n) is 11.5. The van der Waals surface area contributed by atoms with Crippen LogP contribution in [0.15, 0.2) is 12.7 Å². The van der Waals surface area contributed by atoms with Crippen LogP contribution in [0.4, 0.5) is 0 Å². The Morgan fingerprint density at radius 2 is 0.840 bits per heavy atom. The standard InChI is InChI=1S/C16H32.C8H18O/c1-3-5-7-9-11-13-15-16-14-12-10-8-6-4-2;1-2-3-4-5-6-7-8-9/h3H,1,4-16H2,2H3;9H,2-8H2,1H3. The topological polar surface area (TPSA) is 20.2 Å². The van der Waals surface area contributed by atoms with Crippen LogP contribution < -0.4 is 0 Å². The van der Waals surface area contributed by atoms with E-state index in [1.54, 1.807) is 0 Å². The first-order chi connectivity index (χ1) is 12.3. The summed E-state index contributed by atoms with van der Waals surface area (Å²) in [6, 6.07) is 0. The molecule has 0 aromatic carbocycles. The highest BCUT2D eigenvalue weighted by Crippen LogP contribution is 2.12. The van der Waals surface area contributed by atoms with Crippen LogP contribution in [0.2, 0.25) is 0 Å². The Balaban J connectivity index is 0. The molecule has 0 rings (SSSR count). The minimum absolute atomic E-state index is 0.367. The molecule has 0 saturated carbocycles. The molecule has 0 bridgehead atoms. The van der Waals surface area contributed by atoms with Gasteiger partial charge in [-0.05, 0) is 19.3 Å². The van der Waals surface area contributed by atoms with Crippen molar-refractivity contribution in [1.82, 2.24) is 0 Å². The maximum atomic E-state index is 8.42. The molecule has 0 fully saturated rings. The smallest absolute Gasteiger partial charge is 0.0431 e. The summed E-state index contributed by atoms with van der Waals surface area (Å²) in [7, 11) is 0. The molecular formula is C24H50O. The molecule has 0 amide bonds. The highest BCUT2D eigenvalue weighted by atomic mass is 16.2. The zero-order valence-electron chi connectivity index (χ0n) is 17.9. The quantitative estimate of drug-likeness (QED) is 0.182. The van der Waals surface area contributed by atoms with E-state index in [2.05, 4.69) is 20.4 Å². The van der Waals surface area contributed by atoms with E-state index in [0.717, 1.165) is 6.42 Å². The largest absolute Gasteiger partial charge is 0.396 e. The summed E-state index contributed by atoms with van der Waals surface area (Å²) in [6.07, 6.45) is 28.0. The second-order valence-electron chi connectivity index (χ2n) is 7.46. The molecule has 1 N–H and O–H groups in total. The summed E-state index contributed by atoms with van der Waals surface area (Å²) in [4.78, 5) is 0. The van der Waals surface area contributed by atoms with Crippen LogP contribution in [0.3, 0.4) is 0 Å². The normalized spacial score (nSPS) is 10.4. The van der Waals surface area contributed by atoms with E-state index >= 15 is 0 Å². The predicted octanol–water partition coefficient (Wildman–Crippen LogP) is 8.60. The summed E-state index contributed by atoms with van der Waals surface area (Å²) in [5, 5.41) is 8.42. The molecule has 0 spiro atoms. The van der Waals surface area contributed by atoms with Crippen LogP contribution in [-0.4, -0.2) is 11.7 Å². The van der Waals surface area contributed by atoms with Gasteiger partial charge in [0.25, 0.3) is 0 Å². The minimum atomic E-state index is 0.367. The molecule has 0 aromatic heterocycles.